The van der Waals surface area contributed by atoms with Crippen LogP contribution in [0.3, 0.4) is 0 Å². The number of hydrogen-bond acceptors (Lipinski definition) is 2. The fraction of sp³-hybridized carbons (Fsp3) is 0.333. The molecule has 0 aromatic heterocycles. The Morgan fingerprint density at radius 1 is 1.50 bits per heavy atom. The molecule has 0 fully saturated rings. The summed E-state index contributed by atoms with van der Waals surface area (Å²) in [6.07, 6.45) is 0.785. The molecule has 0 aliphatic rings. The van der Waals surface area contributed by atoms with Crippen molar-refractivity contribution in [3.05, 3.63) is 29.3 Å². The van der Waals surface area contributed by atoms with Gasteiger partial charge in [0, 0.05) is 0 Å². The lowest BCUT2D eigenvalue weighted by atomic mass is 10.1. The third-order valence-corrected chi connectivity index (χ3v) is 1.85. The summed E-state index contributed by atoms with van der Waals surface area (Å²) in [7, 11) is 0. The molecule has 0 aliphatic heterocycles. The number of benzene rings is 1. The van der Waals surface area contributed by atoms with E-state index in [1.54, 1.807) is 6.07 Å². The Kier molecular flexibility index (Phi) is 2.65. The van der Waals surface area contributed by atoms with Gasteiger partial charge in [0.2, 0.25) is 0 Å². The van der Waals surface area contributed by atoms with Crippen molar-refractivity contribution in [2.45, 2.75) is 20.3 Å². The van der Waals surface area contributed by atoms with Crippen LogP contribution in [0.4, 0.5) is 10.2 Å². The lowest BCUT2D eigenvalue weighted by molar-refractivity contribution is 0.442. The fourth-order valence-electron chi connectivity index (χ4n) is 1.17. The highest BCUT2D eigenvalue weighted by atomic mass is 19.2. The number of rotatable bonds is 2. The molecule has 3 heteroatoms. The normalized spacial score (nSPS) is 10.0. The van der Waals surface area contributed by atoms with Gasteiger partial charge in [0.05, 0.1) is 5.69 Å². The molecule has 0 saturated heterocycles. The monoisotopic (exact) mass is 168 g/mol. The van der Waals surface area contributed by atoms with Gasteiger partial charge in [-0.25, -0.2) is 5.84 Å². The first-order valence-corrected chi connectivity index (χ1v) is 3.95. The van der Waals surface area contributed by atoms with Crippen LogP contribution in [0.25, 0.3) is 0 Å². The topological polar surface area (TPSA) is 29.3 Å². The molecule has 0 bridgehead atoms. The summed E-state index contributed by atoms with van der Waals surface area (Å²) >= 11 is 0. The van der Waals surface area contributed by atoms with Gasteiger partial charge in [0.25, 0.3) is 0 Å². The Morgan fingerprint density at radius 2 is 2.17 bits per heavy atom. The van der Waals surface area contributed by atoms with Crippen LogP contribution in [0.1, 0.15) is 18.1 Å². The van der Waals surface area contributed by atoms with E-state index in [0.717, 1.165) is 17.5 Å². The highest BCUT2D eigenvalue weighted by molar-refractivity contribution is 5.52. The van der Waals surface area contributed by atoms with E-state index >= 15 is 0 Å². The van der Waals surface area contributed by atoms with Crippen molar-refractivity contribution in [3.63, 3.8) is 0 Å². The number of nitrogens with zero attached hydrogens (tertiary/aromatic N) is 1. The summed E-state index contributed by atoms with van der Waals surface area (Å²) in [4.78, 5) is 0. The van der Waals surface area contributed by atoms with Crippen LogP contribution in [0.2, 0.25) is 0 Å². The van der Waals surface area contributed by atoms with Gasteiger partial charge in [0.15, 0.2) is 0 Å². The quantitative estimate of drug-likeness (QED) is 0.416. The Balaban J connectivity index is 3.12. The van der Waals surface area contributed by atoms with Gasteiger partial charge < -0.3 is 0 Å². The van der Waals surface area contributed by atoms with Crippen LogP contribution in [0.5, 0.6) is 0 Å². The predicted molar refractivity (Wildman–Crippen MR) is 48.3 cm³/mol. The van der Waals surface area contributed by atoms with E-state index in [-0.39, 0.29) is 5.23 Å². The van der Waals surface area contributed by atoms with Crippen molar-refractivity contribution in [3.8, 4) is 0 Å². The summed E-state index contributed by atoms with van der Waals surface area (Å²) in [5.74, 6) is 5.03. The second-order valence-corrected chi connectivity index (χ2v) is 2.80. The molecular formula is C9H13FN2. The molecule has 0 heterocycles. The highest BCUT2D eigenvalue weighted by Crippen LogP contribution is 2.20. The van der Waals surface area contributed by atoms with Crippen molar-refractivity contribution in [1.29, 1.82) is 0 Å². The predicted octanol–water partition coefficient (Wildman–Crippen LogP) is 2.12. The van der Waals surface area contributed by atoms with Crippen LogP contribution in [0.15, 0.2) is 18.2 Å². The van der Waals surface area contributed by atoms with Crippen molar-refractivity contribution >= 4 is 5.69 Å². The maximum Gasteiger partial charge on any atom is 0.0907 e. The van der Waals surface area contributed by atoms with Gasteiger partial charge in [-0.2, -0.15) is 0 Å². The third kappa shape index (κ3) is 1.74. The lowest BCUT2D eigenvalue weighted by Gasteiger charge is -2.11. The maximum absolute atomic E-state index is 12.7. The first kappa shape index (κ1) is 9.00. The zero-order valence-electron chi connectivity index (χ0n) is 7.34. The summed E-state index contributed by atoms with van der Waals surface area (Å²) in [5, 5.41) is 0.172. The van der Waals surface area contributed by atoms with E-state index < -0.39 is 0 Å². The second-order valence-electron chi connectivity index (χ2n) is 2.80. The van der Waals surface area contributed by atoms with Gasteiger partial charge in [-0.1, -0.05) is 23.5 Å². The average molecular weight is 168 g/mol. The summed E-state index contributed by atoms with van der Waals surface area (Å²) in [5.41, 5.74) is 2.39. The molecule has 0 saturated carbocycles. The number of halogens is 1. The molecule has 0 aliphatic carbocycles. The standard InChI is InChI=1S/C9H13FN2/c1-3-8-5-4-7(2)6-9(8)12(10)11/h4-6H,3,11H2,1-2H3. The SMILES string of the molecule is CCc1ccc(C)cc1N(N)F. The Morgan fingerprint density at radius 3 is 2.67 bits per heavy atom. The summed E-state index contributed by atoms with van der Waals surface area (Å²) < 4.78 is 12.7. The minimum atomic E-state index is 0.172. The molecule has 0 unspecified atom stereocenters. The zero-order valence-corrected chi connectivity index (χ0v) is 7.34. The van der Waals surface area contributed by atoms with E-state index in [1.807, 2.05) is 26.0 Å². The molecule has 2 nitrogen and oxygen atoms in total. The van der Waals surface area contributed by atoms with Crippen molar-refractivity contribution in [2.75, 3.05) is 5.23 Å². The fourth-order valence-corrected chi connectivity index (χ4v) is 1.17. The molecular weight excluding hydrogens is 155 g/mol. The van der Waals surface area contributed by atoms with E-state index in [9.17, 15) is 4.48 Å². The number of aryl methyl sites for hydroxylation is 2. The van der Waals surface area contributed by atoms with E-state index in [0.29, 0.717) is 5.69 Å². The molecule has 0 radical (unpaired) electrons. The Labute approximate surface area is 71.7 Å². The minimum Gasteiger partial charge on any atom is -0.218 e. The van der Waals surface area contributed by atoms with Crippen molar-refractivity contribution in [2.24, 2.45) is 5.84 Å². The van der Waals surface area contributed by atoms with E-state index in [4.69, 9.17) is 5.84 Å². The maximum atomic E-state index is 12.7. The zero-order chi connectivity index (χ0) is 9.14. The minimum absolute atomic E-state index is 0.172. The number of anilines is 1. The van der Waals surface area contributed by atoms with Gasteiger partial charge >= 0.3 is 0 Å². The largest absolute Gasteiger partial charge is 0.218 e. The molecule has 1 aromatic rings. The first-order chi connectivity index (χ1) is 5.65. The highest BCUT2D eigenvalue weighted by Gasteiger charge is 2.05. The van der Waals surface area contributed by atoms with Crippen LogP contribution in [-0.2, 0) is 6.42 Å². The van der Waals surface area contributed by atoms with Crippen LogP contribution in [0, 0.1) is 6.92 Å². The molecule has 12 heavy (non-hydrogen) atoms. The van der Waals surface area contributed by atoms with Gasteiger partial charge in [-0.3, -0.25) is 0 Å². The van der Waals surface area contributed by atoms with Gasteiger partial charge in [0.1, 0.15) is 0 Å². The Hall–Kier alpha value is -1.09. The lowest BCUT2D eigenvalue weighted by Crippen LogP contribution is -2.21. The molecule has 1 rings (SSSR count). The van der Waals surface area contributed by atoms with Crippen molar-refractivity contribution in [1.82, 2.24) is 0 Å². The molecule has 0 spiro atoms. The van der Waals surface area contributed by atoms with Gasteiger partial charge in [-0.15, -0.1) is 5.23 Å². The van der Waals surface area contributed by atoms with E-state index in [1.165, 1.54) is 0 Å². The number of hydrogen-bond donors (Lipinski definition) is 1. The Bertz CT molecular complexity index is 271. The molecule has 1 aromatic carbocycles. The molecule has 0 amide bonds. The summed E-state index contributed by atoms with van der Waals surface area (Å²) in [6.45, 7) is 3.88. The number of nitrogens with two attached hydrogens (primary N) is 1. The van der Waals surface area contributed by atoms with Crippen LogP contribution in [-0.4, -0.2) is 0 Å². The molecule has 2 N–H and O–H groups in total. The van der Waals surface area contributed by atoms with Crippen LogP contribution < -0.4 is 11.1 Å². The number of hydrazine groups is 1. The van der Waals surface area contributed by atoms with E-state index in [2.05, 4.69) is 0 Å². The van der Waals surface area contributed by atoms with Crippen LogP contribution >= 0.6 is 0 Å². The third-order valence-electron chi connectivity index (χ3n) is 1.85. The summed E-state index contributed by atoms with van der Waals surface area (Å²) in [6, 6.07) is 5.58. The van der Waals surface area contributed by atoms with Crippen molar-refractivity contribution < 1.29 is 4.48 Å². The second kappa shape index (κ2) is 3.54. The smallest absolute Gasteiger partial charge is 0.0907 e. The molecule has 0 atom stereocenters. The van der Waals surface area contributed by atoms with Gasteiger partial charge in [-0.05, 0) is 30.5 Å². The average Bonchev–Trinajstić information content (AvgIpc) is 2.04. The first-order valence-electron chi connectivity index (χ1n) is 3.95. The molecule has 66 valence electrons.